The van der Waals surface area contributed by atoms with Crippen LogP contribution in [0.25, 0.3) is 0 Å². The molecule has 0 aliphatic carbocycles. The van der Waals surface area contributed by atoms with Crippen LogP contribution in [0.4, 0.5) is 0 Å². The van der Waals surface area contributed by atoms with Gasteiger partial charge >= 0.3 is 0 Å². The molecule has 0 aromatic rings. The zero-order valence-corrected chi connectivity index (χ0v) is 22.5. The van der Waals surface area contributed by atoms with Crippen LogP contribution in [0, 0.1) is 0 Å². The Morgan fingerprint density at radius 1 is 0.394 bits per heavy atom. The van der Waals surface area contributed by atoms with Crippen LogP contribution in [0.5, 0.6) is 0 Å². The highest BCUT2D eigenvalue weighted by molar-refractivity contribution is 5.76. The first kappa shape index (κ1) is 31.9. The van der Waals surface area contributed by atoms with Crippen molar-refractivity contribution in [1.29, 1.82) is 0 Å². The quantitative estimate of drug-likeness (QED) is 0.126. The van der Waals surface area contributed by atoms with Gasteiger partial charge in [0.05, 0.1) is 0 Å². The van der Waals surface area contributed by atoms with Crippen molar-refractivity contribution in [3.05, 3.63) is 0 Å². The maximum atomic E-state index is 11.9. The molecule has 0 atom stereocenters. The summed E-state index contributed by atoms with van der Waals surface area (Å²) in [5.41, 5.74) is 0. The van der Waals surface area contributed by atoms with E-state index in [1.165, 1.54) is 96.3 Å². The van der Waals surface area contributed by atoms with Gasteiger partial charge in [0.1, 0.15) is 0 Å². The molecular weight excluding hydrogens is 408 g/mol. The molecule has 0 aliphatic rings. The lowest BCUT2D eigenvalue weighted by atomic mass is 10.1. The first-order valence-electron chi connectivity index (χ1n) is 14.7. The van der Waals surface area contributed by atoms with Crippen LogP contribution in [0.1, 0.15) is 162 Å². The van der Waals surface area contributed by atoms with Crippen LogP contribution in [0.15, 0.2) is 0 Å². The van der Waals surface area contributed by atoms with Gasteiger partial charge in [-0.2, -0.15) is 0 Å². The van der Waals surface area contributed by atoms with Crippen LogP contribution < -0.4 is 10.6 Å². The van der Waals surface area contributed by atoms with Gasteiger partial charge in [-0.05, 0) is 25.7 Å². The number of carbonyl (C=O) groups is 2. The maximum Gasteiger partial charge on any atom is 0.219 e. The molecule has 0 fully saturated rings. The summed E-state index contributed by atoms with van der Waals surface area (Å²) in [6, 6.07) is 0. The van der Waals surface area contributed by atoms with Crippen molar-refractivity contribution >= 4 is 11.8 Å². The number of nitrogens with one attached hydrogen (secondary N) is 2. The van der Waals surface area contributed by atoms with Gasteiger partial charge in [0, 0.05) is 25.9 Å². The van der Waals surface area contributed by atoms with E-state index in [9.17, 15) is 9.59 Å². The average molecular weight is 467 g/mol. The molecule has 0 aliphatic heterocycles. The van der Waals surface area contributed by atoms with Gasteiger partial charge in [0.2, 0.25) is 11.8 Å². The smallest absolute Gasteiger partial charge is 0.219 e. The lowest BCUT2D eigenvalue weighted by Crippen LogP contribution is -2.24. The highest BCUT2D eigenvalue weighted by Gasteiger charge is 2.02. The predicted molar refractivity (Wildman–Crippen MR) is 144 cm³/mol. The monoisotopic (exact) mass is 466 g/mol. The first-order valence-corrected chi connectivity index (χ1v) is 14.7. The standard InChI is InChI=1S/C29H58N2O2/c1-3-5-7-9-11-13-16-20-24-28(32)30-26-22-18-15-19-23-27-31-29(33)25-21-17-14-12-10-8-6-4-2/h3-27H2,1-2H3,(H,30,32)(H,31,33). The second-order valence-electron chi connectivity index (χ2n) is 9.92. The molecule has 0 aromatic heterocycles. The summed E-state index contributed by atoms with van der Waals surface area (Å²) < 4.78 is 0. The predicted octanol–water partition coefficient (Wildman–Crippen LogP) is 8.23. The van der Waals surface area contributed by atoms with E-state index in [0.29, 0.717) is 12.8 Å². The van der Waals surface area contributed by atoms with Crippen LogP contribution in [0.3, 0.4) is 0 Å². The zero-order chi connectivity index (χ0) is 24.2. The molecule has 196 valence electrons. The number of hydrogen-bond acceptors (Lipinski definition) is 2. The first-order chi connectivity index (χ1) is 16.2. The molecule has 0 radical (unpaired) electrons. The number of unbranched alkanes of at least 4 members (excludes halogenated alkanes) is 18. The Hall–Kier alpha value is -1.06. The fourth-order valence-electron chi connectivity index (χ4n) is 4.25. The second kappa shape index (κ2) is 27.2. The minimum absolute atomic E-state index is 0.222. The molecule has 0 heterocycles. The van der Waals surface area contributed by atoms with Crippen molar-refractivity contribution in [2.24, 2.45) is 0 Å². The fraction of sp³-hybridized carbons (Fsp3) is 0.931. The van der Waals surface area contributed by atoms with Crippen LogP contribution in [0.2, 0.25) is 0 Å². The topological polar surface area (TPSA) is 58.2 Å². The number of amides is 2. The van der Waals surface area contributed by atoms with Crippen molar-refractivity contribution in [3.63, 3.8) is 0 Å². The van der Waals surface area contributed by atoms with Crippen molar-refractivity contribution in [1.82, 2.24) is 10.6 Å². The summed E-state index contributed by atoms with van der Waals surface area (Å²) in [7, 11) is 0. The molecule has 0 spiro atoms. The van der Waals surface area contributed by atoms with Gasteiger partial charge in [0.25, 0.3) is 0 Å². The maximum absolute atomic E-state index is 11.9. The Kier molecular flexibility index (Phi) is 26.3. The number of rotatable bonds is 26. The second-order valence-corrected chi connectivity index (χ2v) is 9.92. The van der Waals surface area contributed by atoms with E-state index in [-0.39, 0.29) is 11.8 Å². The Bertz CT molecular complexity index is 388. The SMILES string of the molecule is CCCCCCCCCCC(=O)NCCCCCCCNC(=O)CCCCCCCCCC. The fourth-order valence-corrected chi connectivity index (χ4v) is 4.25. The molecule has 0 bridgehead atoms. The van der Waals surface area contributed by atoms with Crippen LogP contribution >= 0.6 is 0 Å². The van der Waals surface area contributed by atoms with Crippen molar-refractivity contribution in [3.8, 4) is 0 Å². The summed E-state index contributed by atoms with van der Waals surface area (Å²) in [5.74, 6) is 0.445. The molecule has 0 saturated carbocycles. The normalized spacial score (nSPS) is 11.0. The highest BCUT2D eigenvalue weighted by Crippen LogP contribution is 2.10. The van der Waals surface area contributed by atoms with E-state index in [1.807, 2.05) is 0 Å². The molecule has 4 heteroatoms. The Morgan fingerprint density at radius 2 is 0.667 bits per heavy atom. The third-order valence-electron chi connectivity index (χ3n) is 6.51. The Labute approximate surface area is 206 Å². The van der Waals surface area contributed by atoms with Crippen LogP contribution in [-0.2, 0) is 9.59 Å². The number of carbonyl (C=O) groups excluding carboxylic acids is 2. The minimum atomic E-state index is 0.222. The summed E-state index contributed by atoms with van der Waals surface area (Å²) >= 11 is 0. The van der Waals surface area contributed by atoms with Crippen molar-refractivity contribution < 1.29 is 9.59 Å². The minimum Gasteiger partial charge on any atom is -0.356 e. The van der Waals surface area contributed by atoms with Gasteiger partial charge in [-0.3, -0.25) is 9.59 Å². The van der Waals surface area contributed by atoms with Gasteiger partial charge < -0.3 is 10.6 Å². The highest BCUT2D eigenvalue weighted by atomic mass is 16.2. The van der Waals surface area contributed by atoms with Gasteiger partial charge in [-0.25, -0.2) is 0 Å². The van der Waals surface area contributed by atoms with E-state index in [2.05, 4.69) is 24.5 Å². The lowest BCUT2D eigenvalue weighted by molar-refractivity contribution is -0.122. The molecule has 0 rings (SSSR count). The summed E-state index contributed by atoms with van der Waals surface area (Å²) in [6.45, 7) is 6.12. The molecule has 33 heavy (non-hydrogen) atoms. The van der Waals surface area contributed by atoms with E-state index in [4.69, 9.17) is 0 Å². The molecular formula is C29H58N2O2. The summed E-state index contributed by atoms with van der Waals surface area (Å²) in [5, 5.41) is 6.13. The molecule has 2 N–H and O–H groups in total. The lowest BCUT2D eigenvalue weighted by Gasteiger charge is -2.07. The van der Waals surface area contributed by atoms with E-state index < -0.39 is 0 Å². The third kappa shape index (κ3) is 27.1. The molecule has 0 saturated heterocycles. The Morgan fingerprint density at radius 3 is 1.00 bits per heavy atom. The zero-order valence-electron chi connectivity index (χ0n) is 22.5. The molecule has 4 nitrogen and oxygen atoms in total. The van der Waals surface area contributed by atoms with Crippen molar-refractivity contribution in [2.75, 3.05) is 13.1 Å². The third-order valence-corrected chi connectivity index (χ3v) is 6.51. The summed E-state index contributed by atoms with van der Waals surface area (Å²) in [4.78, 5) is 23.7. The van der Waals surface area contributed by atoms with E-state index >= 15 is 0 Å². The molecule has 2 amide bonds. The molecule has 0 aromatic carbocycles. The van der Waals surface area contributed by atoms with Gasteiger partial charge in [-0.15, -0.1) is 0 Å². The average Bonchev–Trinajstić information content (AvgIpc) is 2.81. The largest absolute Gasteiger partial charge is 0.356 e. The van der Waals surface area contributed by atoms with Crippen molar-refractivity contribution in [2.45, 2.75) is 162 Å². The van der Waals surface area contributed by atoms with E-state index in [1.54, 1.807) is 0 Å². The Balaban J connectivity index is 3.24. The van der Waals surface area contributed by atoms with Crippen LogP contribution in [-0.4, -0.2) is 24.9 Å². The van der Waals surface area contributed by atoms with E-state index in [0.717, 1.165) is 51.6 Å². The molecule has 0 unspecified atom stereocenters. The number of hydrogen-bond donors (Lipinski definition) is 2. The summed E-state index contributed by atoms with van der Waals surface area (Å²) in [6.07, 6.45) is 27.4. The van der Waals surface area contributed by atoms with Gasteiger partial charge in [0.15, 0.2) is 0 Å². The van der Waals surface area contributed by atoms with Gasteiger partial charge in [-0.1, -0.05) is 123 Å².